The van der Waals surface area contributed by atoms with Crippen molar-refractivity contribution in [2.75, 3.05) is 18.5 Å². The molecule has 5 rings (SSSR count). The standard InChI is InChI=1S/C33H39F2N3OS2/c1-32(2,3)18-20-39-25-13-9-11-23(21-25)30-29-27-15-5-6-16-28(27)33(34,35)17-7-4-8-19-36-24-12-10-14-26(22-24)41-38-31(37-29)40-30/h5-6,9-16,21-22,31,36-38H,4,7-8,17-20H2,1-3H3. The molecular weight excluding hydrogens is 557 g/mol. The fraction of sp³-hybridized carbons (Fsp3) is 0.394. The number of thioether (sulfide) groups is 1. The van der Waals surface area contributed by atoms with E-state index in [0.29, 0.717) is 18.6 Å². The van der Waals surface area contributed by atoms with Crippen molar-refractivity contribution in [3.05, 3.63) is 89.5 Å². The summed E-state index contributed by atoms with van der Waals surface area (Å²) < 4.78 is 41.2. The van der Waals surface area contributed by atoms with E-state index in [1.807, 2.05) is 48.5 Å². The highest BCUT2D eigenvalue weighted by molar-refractivity contribution is 8.10. The SMILES string of the molecule is CC(C)(C)CCOc1cccc(C2=C3NC(NSc4cccc(c4)NCCCCCC(F)(F)c4ccccc43)S2)c1. The predicted octanol–water partition coefficient (Wildman–Crippen LogP) is 9.32. The molecule has 4 bridgehead atoms. The molecular formula is C33H39F2N3OS2. The summed E-state index contributed by atoms with van der Waals surface area (Å²) in [6.07, 6.45) is 2.81. The van der Waals surface area contributed by atoms with Crippen LogP contribution in [0.3, 0.4) is 0 Å². The molecule has 4 nitrogen and oxygen atoms in total. The van der Waals surface area contributed by atoms with Crippen LogP contribution in [0.2, 0.25) is 0 Å². The van der Waals surface area contributed by atoms with Crippen LogP contribution < -0.4 is 20.1 Å². The van der Waals surface area contributed by atoms with Crippen LogP contribution in [0.5, 0.6) is 5.75 Å². The fourth-order valence-corrected chi connectivity index (χ4v) is 6.83. The minimum absolute atomic E-state index is 0.0700. The second kappa shape index (κ2) is 13.1. The van der Waals surface area contributed by atoms with Gasteiger partial charge in [0.25, 0.3) is 5.92 Å². The van der Waals surface area contributed by atoms with Crippen LogP contribution in [0.15, 0.2) is 77.7 Å². The molecule has 2 heterocycles. The van der Waals surface area contributed by atoms with E-state index in [-0.39, 0.29) is 22.9 Å². The summed E-state index contributed by atoms with van der Waals surface area (Å²) in [5.41, 5.74) is 3.27. The first-order valence-corrected chi connectivity index (χ1v) is 16.0. The van der Waals surface area contributed by atoms with Crippen LogP contribution in [0.1, 0.15) is 69.6 Å². The van der Waals surface area contributed by atoms with Crippen molar-refractivity contribution in [1.82, 2.24) is 10.0 Å². The minimum Gasteiger partial charge on any atom is -0.494 e. The van der Waals surface area contributed by atoms with E-state index in [1.54, 1.807) is 23.9 Å². The van der Waals surface area contributed by atoms with Gasteiger partial charge in [-0.3, -0.25) is 0 Å². The van der Waals surface area contributed by atoms with Crippen LogP contribution >= 0.6 is 23.7 Å². The molecule has 0 amide bonds. The van der Waals surface area contributed by atoms with Gasteiger partial charge >= 0.3 is 0 Å². The Kier molecular flexibility index (Phi) is 9.52. The fourth-order valence-electron chi connectivity index (χ4n) is 4.90. The molecule has 2 aliphatic heterocycles. The van der Waals surface area contributed by atoms with E-state index in [9.17, 15) is 0 Å². The van der Waals surface area contributed by atoms with Crippen molar-refractivity contribution in [3.63, 3.8) is 0 Å². The number of benzene rings is 3. The van der Waals surface area contributed by atoms with Gasteiger partial charge in [0.05, 0.1) is 12.3 Å². The third-order valence-electron chi connectivity index (χ3n) is 7.16. The van der Waals surface area contributed by atoms with Crippen LogP contribution in [-0.4, -0.2) is 18.6 Å². The van der Waals surface area contributed by atoms with E-state index >= 15 is 8.78 Å². The molecule has 0 spiro atoms. The third kappa shape index (κ3) is 7.99. The van der Waals surface area contributed by atoms with Crippen LogP contribution in [-0.2, 0) is 5.92 Å². The summed E-state index contributed by atoms with van der Waals surface area (Å²) in [6.45, 7) is 7.97. The van der Waals surface area contributed by atoms with Crippen molar-refractivity contribution in [1.29, 1.82) is 0 Å². The Labute approximate surface area is 251 Å². The molecule has 8 heteroatoms. The quantitative estimate of drug-likeness (QED) is 0.261. The molecule has 3 aromatic rings. The van der Waals surface area contributed by atoms with Gasteiger partial charge < -0.3 is 15.4 Å². The summed E-state index contributed by atoms with van der Waals surface area (Å²) in [5, 5.41) is 6.97. The molecule has 0 saturated heterocycles. The molecule has 218 valence electrons. The van der Waals surface area contributed by atoms with Crippen molar-refractivity contribution in [3.8, 4) is 5.75 Å². The number of nitrogens with one attached hydrogen (secondary N) is 3. The van der Waals surface area contributed by atoms with E-state index in [4.69, 9.17) is 4.74 Å². The second-order valence-electron chi connectivity index (χ2n) is 11.8. The largest absolute Gasteiger partial charge is 0.494 e. The average molecular weight is 596 g/mol. The van der Waals surface area contributed by atoms with Gasteiger partial charge in [-0.25, -0.2) is 13.5 Å². The van der Waals surface area contributed by atoms with E-state index in [2.05, 4.69) is 48.3 Å². The molecule has 3 N–H and O–H groups in total. The Morgan fingerprint density at radius 2 is 1.78 bits per heavy atom. The zero-order valence-corrected chi connectivity index (χ0v) is 25.6. The van der Waals surface area contributed by atoms with Gasteiger partial charge in [-0.15, -0.1) is 0 Å². The highest BCUT2D eigenvalue weighted by Crippen LogP contribution is 2.46. The lowest BCUT2D eigenvalue weighted by molar-refractivity contribution is -0.0160. The number of fused-ring (bicyclic) bond motifs is 6. The van der Waals surface area contributed by atoms with Gasteiger partial charge in [-0.2, -0.15) is 0 Å². The first-order chi connectivity index (χ1) is 19.7. The smallest absolute Gasteiger partial charge is 0.273 e. The summed E-state index contributed by atoms with van der Waals surface area (Å²) in [4.78, 5) is 2.00. The molecule has 1 unspecified atom stereocenters. The number of rotatable bonds is 4. The molecule has 1 atom stereocenters. The number of hydrogen-bond acceptors (Lipinski definition) is 6. The zero-order valence-electron chi connectivity index (χ0n) is 23.9. The lowest BCUT2D eigenvalue weighted by atomic mass is 9.93. The number of anilines is 1. The Morgan fingerprint density at radius 1 is 0.951 bits per heavy atom. The molecule has 0 saturated carbocycles. The van der Waals surface area contributed by atoms with Crippen LogP contribution in [0.25, 0.3) is 10.6 Å². The van der Waals surface area contributed by atoms with Gasteiger partial charge in [-0.05, 0) is 72.5 Å². The summed E-state index contributed by atoms with van der Waals surface area (Å²) in [5.74, 6) is -2.16. The first kappa shape index (κ1) is 29.8. The zero-order chi connectivity index (χ0) is 28.9. The minimum atomic E-state index is -2.94. The van der Waals surface area contributed by atoms with Gasteiger partial charge in [0.2, 0.25) is 0 Å². The molecule has 0 aliphatic carbocycles. The summed E-state index contributed by atoms with van der Waals surface area (Å²) >= 11 is 3.13. The molecule has 2 aliphatic rings. The van der Waals surface area contributed by atoms with E-state index in [1.165, 1.54) is 11.9 Å². The Bertz CT molecular complexity index is 1370. The monoisotopic (exact) mass is 595 g/mol. The Balaban J connectivity index is 1.50. The average Bonchev–Trinajstić information content (AvgIpc) is 3.37. The molecule has 41 heavy (non-hydrogen) atoms. The lowest BCUT2D eigenvalue weighted by Gasteiger charge is -2.22. The highest BCUT2D eigenvalue weighted by atomic mass is 32.2. The number of halogens is 2. The Hall–Kier alpha value is -2.68. The Morgan fingerprint density at radius 3 is 2.63 bits per heavy atom. The first-order valence-electron chi connectivity index (χ1n) is 14.3. The number of alkyl halides is 2. The topological polar surface area (TPSA) is 45.3 Å². The predicted molar refractivity (Wildman–Crippen MR) is 170 cm³/mol. The van der Waals surface area contributed by atoms with Crippen LogP contribution in [0.4, 0.5) is 14.5 Å². The maximum absolute atomic E-state index is 15.8. The number of ether oxygens (including phenoxy) is 1. The molecule has 0 fully saturated rings. The normalized spacial score (nSPS) is 19.5. The molecule has 3 aromatic carbocycles. The van der Waals surface area contributed by atoms with Crippen molar-refractivity contribution in [2.24, 2.45) is 5.41 Å². The van der Waals surface area contributed by atoms with Crippen LogP contribution in [0, 0.1) is 5.41 Å². The highest BCUT2D eigenvalue weighted by Gasteiger charge is 2.36. The number of hydrogen-bond donors (Lipinski definition) is 3. The second-order valence-corrected chi connectivity index (χ2v) is 13.8. The van der Waals surface area contributed by atoms with Gasteiger partial charge in [0, 0.05) is 39.6 Å². The summed E-state index contributed by atoms with van der Waals surface area (Å²) in [7, 11) is 0. The molecule has 0 aromatic heterocycles. The summed E-state index contributed by atoms with van der Waals surface area (Å²) in [6, 6.07) is 23.2. The maximum atomic E-state index is 15.8. The van der Waals surface area contributed by atoms with Gasteiger partial charge in [-0.1, -0.05) is 81.4 Å². The van der Waals surface area contributed by atoms with E-state index in [0.717, 1.165) is 58.3 Å². The third-order valence-corrected chi connectivity index (χ3v) is 9.30. The lowest BCUT2D eigenvalue weighted by Crippen LogP contribution is -2.31. The van der Waals surface area contributed by atoms with Crippen molar-refractivity contribution in [2.45, 2.75) is 69.2 Å². The molecule has 0 radical (unpaired) electrons. The van der Waals surface area contributed by atoms with Crippen molar-refractivity contribution >= 4 is 40.0 Å². The van der Waals surface area contributed by atoms with E-state index < -0.39 is 5.92 Å². The van der Waals surface area contributed by atoms with Crippen molar-refractivity contribution < 1.29 is 13.5 Å². The maximum Gasteiger partial charge on any atom is 0.273 e. The van der Waals surface area contributed by atoms with Gasteiger partial charge in [0.15, 0.2) is 0 Å². The van der Waals surface area contributed by atoms with Gasteiger partial charge in [0.1, 0.15) is 11.2 Å².